The summed E-state index contributed by atoms with van der Waals surface area (Å²) < 4.78 is 0. The molecule has 1 aliphatic carbocycles. The number of nitriles is 1. The maximum absolute atomic E-state index is 8.86. The van der Waals surface area contributed by atoms with Gasteiger partial charge in [-0.2, -0.15) is 5.26 Å². The second-order valence-corrected chi connectivity index (χ2v) is 5.38. The number of anilines is 1. The van der Waals surface area contributed by atoms with Crippen molar-refractivity contribution in [2.24, 2.45) is 5.73 Å². The number of fused-ring (bicyclic) bond motifs is 1. The molecule has 0 saturated heterocycles. The van der Waals surface area contributed by atoms with Gasteiger partial charge in [-0.25, -0.2) is 0 Å². The third-order valence-electron chi connectivity index (χ3n) is 3.69. The molecule has 1 aliphatic rings. The number of hydrogen-bond donors (Lipinski definition) is 2. The van der Waals surface area contributed by atoms with E-state index in [2.05, 4.69) is 23.5 Å². The number of hydrogen-bond acceptors (Lipinski definition) is 3. The average molecular weight is 284 g/mol. The number of nitrogens with two attached hydrogens (primary N) is 1. The first-order valence-electron chi connectivity index (χ1n) is 6.49. The molecule has 0 fully saturated rings. The van der Waals surface area contributed by atoms with E-state index in [9.17, 15) is 0 Å². The van der Waals surface area contributed by atoms with Gasteiger partial charge in [0.15, 0.2) is 0 Å². The molecule has 0 spiro atoms. The Morgan fingerprint density at radius 2 is 1.95 bits per heavy atom. The van der Waals surface area contributed by atoms with E-state index in [0.29, 0.717) is 10.6 Å². The largest absolute Gasteiger partial charge is 0.377 e. The van der Waals surface area contributed by atoms with Crippen LogP contribution in [0.25, 0.3) is 0 Å². The van der Waals surface area contributed by atoms with Crippen molar-refractivity contribution in [1.29, 1.82) is 5.26 Å². The molecule has 0 amide bonds. The highest BCUT2D eigenvalue weighted by atomic mass is 35.5. The van der Waals surface area contributed by atoms with E-state index in [1.165, 1.54) is 11.1 Å². The minimum Gasteiger partial charge on any atom is -0.377 e. The van der Waals surface area contributed by atoms with Crippen LogP contribution < -0.4 is 11.1 Å². The van der Waals surface area contributed by atoms with E-state index in [4.69, 9.17) is 22.6 Å². The lowest BCUT2D eigenvalue weighted by Gasteiger charge is -2.16. The lowest BCUT2D eigenvalue weighted by molar-refractivity contribution is 0.648. The van der Waals surface area contributed by atoms with E-state index in [1.54, 1.807) is 12.1 Å². The fraction of sp³-hybridized carbons (Fsp3) is 0.188. The molecular formula is C16H14ClN3. The Bertz CT molecular complexity index is 690. The molecule has 0 aliphatic heterocycles. The predicted octanol–water partition coefficient (Wildman–Crippen LogP) is 3.77. The summed E-state index contributed by atoms with van der Waals surface area (Å²) in [5.74, 6) is 0. The monoisotopic (exact) mass is 283 g/mol. The lowest BCUT2D eigenvalue weighted by atomic mass is 10.1. The molecule has 2 aromatic rings. The van der Waals surface area contributed by atoms with E-state index < -0.39 is 0 Å². The summed E-state index contributed by atoms with van der Waals surface area (Å²) in [6, 6.07) is 15.8. The maximum Gasteiger partial charge on any atom is 0.0992 e. The minimum atomic E-state index is 0.0563. The molecule has 0 aromatic heterocycles. The fourth-order valence-electron chi connectivity index (χ4n) is 2.70. The fourth-order valence-corrected chi connectivity index (χ4v) is 2.93. The van der Waals surface area contributed by atoms with Gasteiger partial charge >= 0.3 is 0 Å². The molecule has 3 rings (SSSR count). The standard InChI is InChI=1S/C16H14ClN3/c17-13-7-10(9-18)5-6-15(13)20-16-8-14(19)11-3-1-2-4-12(11)16/h1-7,14,16,20H,8,19H2. The van der Waals surface area contributed by atoms with Gasteiger partial charge in [0.1, 0.15) is 0 Å². The lowest BCUT2D eigenvalue weighted by Crippen LogP contribution is -2.10. The normalized spacial score (nSPS) is 20.2. The van der Waals surface area contributed by atoms with Crippen LogP contribution in [0, 0.1) is 11.3 Å². The SMILES string of the molecule is N#Cc1ccc(NC2CC(N)c3ccccc32)c(Cl)c1. The van der Waals surface area contributed by atoms with Gasteiger partial charge < -0.3 is 11.1 Å². The zero-order chi connectivity index (χ0) is 14.1. The minimum absolute atomic E-state index is 0.0563. The second-order valence-electron chi connectivity index (χ2n) is 4.97. The van der Waals surface area contributed by atoms with Crippen molar-refractivity contribution in [3.8, 4) is 6.07 Å². The average Bonchev–Trinajstić information content (AvgIpc) is 2.78. The van der Waals surface area contributed by atoms with Crippen molar-refractivity contribution < 1.29 is 0 Å². The number of nitrogens with one attached hydrogen (secondary N) is 1. The summed E-state index contributed by atoms with van der Waals surface area (Å²) in [4.78, 5) is 0. The van der Waals surface area contributed by atoms with E-state index >= 15 is 0 Å². The zero-order valence-corrected chi connectivity index (χ0v) is 11.6. The summed E-state index contributed by atoms with van der Waals surface area (Å²) in [7, 11) is 0. The zero-order valence-electron chi connectivity index (χ0n) is 10.8. The highest BCUT2D eigenvalue weighted by Gasteiger charge is 2.28. The second kappa shape index (κ2) is 5.16. The predicted molar refractivity (Wildman–Crippen MR) is 80.5 cm³/mol. The molecule has 2 unspecified atom stereocenters. The van der Waals surface area contributed by atoms with Crippen LogP contribution >= 0.6 is 11.6 Å². The quantitative estimate of drug-likeness (QED) is 0.882. The summed E-state index contributed by atoms with van der Waals surface area (Å²) in [6.45, 7) is 0. The Morgan fingerprint density at radius 1 is 1.20 bits per heavy atom. The van der Waals surface area contributed by atoms with Crippen LogP contribution in [0.4, 0.5) is 5.69 Å². The van der Waals surface area contributed by atoms with Crippen molar-refractivity contribution in [3.63, 3.8) is 0 Å². The van der Waals surface area contributed by atoms with Crippen molar-refractivity contribution in [3.05, 3.63) is 64.2 Å². The molecule has 2 atom stereocenters. The Morgan fingerprint density at radius 3 is 2.65 bits per heavy atom. The van der Waals surface area contributed by atoms with Crippen molar-refractivity contribution in [2.75, 3.05) is 5.32 Å². The number of halogens is 1. The van der Waals surface area contributed by atoms with Gasteiger partial charge in [-0.3, -0.25) is 0 Å². The molecule has 3 nitrogen and oxygen atoms in total. The van der Waals surface area contributed by atoms with E-state index in [-0.39, 0.29) is 12.1 Å². The summed E-state index contributed by atoms with van der Waals surface area (Å²) >= 11 is 6.21. The topological polar surface area (TPSA) is 61.8 Å². The molecule has 4 heteroatoms. The molecule has 0 radical (unpaired) electrons. The van der Waals surface area contributed by atoms with Gasteiger partial charge in [-0.05, 0) is 35.7 Å². The molecule has 2 aromatic carbocycles. The molecule has 20 heavy (non-hydrogen) atoms. The highest BCUT2D eigenvalue weighted by Crippen LogP contribution is 2.40. The number of rotatable bonds is 2. The van der Waals surface area contributed by atoms with Crippen molar-refractivity contribution in [1.82, 2.24) is 0 Å². The van der Waals surface area contributed by atoms with Gasteiger partial charge in [0, 0.05) is 6.04 Å². The Hall–Kier alpha value is -2.02. The van der Waals surface area contributed by atoms with Gasteiger partial charge in [0.25, 0.3) is 0 Å². The van der Waals surface area contributed by atoms with Crippen LogP contribution in [-0.2, 0) is 0 Å². The van der Waals surface area contributed by atoms with Crippen LogP contribution in [0.3, 0.4) is 0 Å². The Balaban J connectivity index is 1.88. The smallest absolute Gasteiger partial charge is 0.0992 e. The third-order valence-corrected chi connectivity index (χ3v) is 4.00. The van der Waals surface area contributed by atoms with Crippen molar-refractivity contribution in [2.45, 2.75) is 18.5 Å². The summed E-state index contributed by atoms with van der Waals surface area (Å²) in [5, 5.41) is 12.8. The van der Waals surface area contributed by atoms with Crippen LogP contribution in [-0.4, -0.2) is 0 Å². The number of benzene rings is 2. The van der Waals surface area contributed by atoms with Gasteiger partial charge in [0.2, 0.25) is 0 Å². The molecular weight excluding hydrogens is 270 g/mol. The molecule has 0 bridgehead atoms. The maximum atomic E-state index is 8.86. The van der Waals surface area contributed by atoms with Gasteiger partial charge in [0.05, 0.1) is 28.4 Å². The van der Waals surface area contributed by atoms with Crippen LogP contribution in [0.15, 0.2) is 42.5 Å². The van der Waals surface area contributed by atoms with Gasteiger partial charge in [-0.1, -0.05) is 35.9 Å². The van der Waals surface area contributed by atoms with Crippen LogP contribution in [0.5, 0.6) is 0 Å². The first-order valence-corrected chi connectivity index (χ1v) is 6.87. The van der Waals surface area contributed by atoms with Gasteiger partial charge in [-0.15, -0.1) is 0 Å². The molecule has 100 valence electrons. The molecule has 0 saturated carbocycles. The molecule has 3 N–H and O–H groups in total. The molecule has 0 heterocycles. The van der Waals surface area contributed by atoms with E-state index in [1.807, 2.05) is 18.2 Å². The third kappa shape index (κ3) is 2.24. The van der Waals surface area contributed by atoms with Crippen LogP contribution in [0.2, 0.25) is 5.02 Å². The summed E-state index contributed by atoms with van der Waals surface area (Å²) in [6.07, 6.45) is 0.843. The number of nitrogens with zero attached hydrogens (tertiary/aromatic N) is 1. The Labute approximate surface area is 123 Å². The first-order chi connectivity index (χ1) is 9.69. The Kier molecular flexibility index (Phi) is 3.35. The van der Waals surface area contributed by atoms with Crippen molar-refractivity contribution >= 4 is 17.3 Å². The van der Waals surface area contributed by atoms with E-state index in [0.717, 1.165) is 12.1 Å². The highest BCUT2D eigenvalue weighted by molar-refractivity contribution is 6.33. The first kappa shape index (κ1) is 13.0. The summed E-state index contributed by atoms with van der Waals surface area (Å²) in [5.41, 5.74) is 9.96. The van der Waals surface area contributed by atoms with Crippen LogP contribution in [0.1, 0.15) is 35.2 Å².